The number of aliphatic carboxylic acids is 1. The van der Waals surface area contributed by atoms with Crippen LogP contribution in [0.25, 0.3) is 11.0 Å². The number of nitrogens with one attached hydrogen (secondary N) is 1. The highest BCUT2D eigenvalue weighted by molar-refractivity contribution is 5.79. The van der Waals surface area contributed by atoms with Gasteiger partial charge in [0.1, 0.15) is 22.9 Å². The second kappa shape index (κ2) is 12.5. The van der Waals surface area contributed by atoms with Crippen LogP contribution < -0.4 is 19.7 Å². The molecule has 2 N–H and O–H groups in total. The Hall–Kier alpha value is -3.97. The first-order valence-electron chi connectivity index (χ1n) is 11.8. The molecule has 1 fully saturated rings. The minimum atomic E-state index is -5.08. The smallest absolute Gasteiger partial charge is 0.490 e. The third kappa shape index (κ3) is 7.52. The largest absolute Gasteiger partial charge is 0.497 e. The molecule has 206 valence electrons. The normalized spacial score (nSPS) is 14.9. The van der Waals surface area contributed by atoms with Gasteiger partial charge in [0.2, 0.25) is 0 Å². The van der Waals surface area contributed by atoms with Gasteiger partial charge in [-0.15, -0.1) is 0 Å². The molecule has 1 saturated heterocycles. The average Bonchev–Trinajstić information content (AvgIpc) is 2.89. The molecule has 1 aliphatic heterocycles. The van der Waals surface area contributed by atoms with E-state index in [9.17, 15) is 17.6 Å². The van der Waals surface area contributed by atoms with Crippen molar-refractivity contribution in [3.8, 4) is 11.5 Å². The first-order chi connectivity index (χ1) is 18.0. The molecule has 0 radical (unpaired) electrons. The first-order valence-corrected chi connectivity index (χ1v) is 11.8. The number of carboxylic acid groups (broad SMARTS) is 1. The van der Waals surface area contributed by atoms with Crippen LogP contribution in [-0.2, 0) is 4.79 Å². The second-order valence-electron chi connectivity index (χ2n) is 8.51. The van der Waals surface area contributed by atoms with Crippen molar-refractivity contribution in [1.29, 1.82) is 0 Å². The number of anilines is 2. The lowest BCUT2D eigenvalue weighted by molar-refractivity contribution is -0.192. The van der Waals surface area contributed by atoms with Crippen LogP contribution >= 0.6 is 0 Å². The summed E-state index contributed by atoms with van der Waals surface area (Å²) in [5, 5.41) is 18.4. The van der Waals surface area contributed by atoms with Crippen molar-refractivity contribution in [1.82, 2.24) is 20.2 Å². The lowest BCUT2D eigenvalue weighted by Crippen LogP contribution is -2.39. The number of methoxy groups -OCH3 is 1. The SMILES string of the molecule is CC[C@@H](C)Nc1nc2cnncc2nc1N1CCC(Oc2ccc(OC)cc2F)CC1.O=C(O)C(F)(F)F. The van der Waals surface area contributed by atoms with Crippen LogP contribution in [0.5, 0.6) is 11.5 Å². The molecular weight excluding hydrogens is 512 g/mol. The molecule has 1 aliphatic rings. The number of hydrogen-bond acceptors (Lipinski definition) is 9. The zero-order chi connectivity index (χ0) is 27.9. The fourth-order valence-corrected chi connectivity index (χ4v) is 3.54. The molecule has 0 bridgehead atoms. The van der Waals surface area contributed by atoms with Crippen LogP contribution in [-0.4, -0.2) is 69.8 Å². The maximum Gasteiger partial charge on any atom is 0.490 e. The van der Waals surface area contributed by atoms with Gasteiger partial charge in [-0.1, -0.05) is 6.92 Å². The maximum atomic E-state index is 14.2. The molecule has 0 spiro atoms. The molecular formula is C24H28F4N6O4. The van der Waals surface area contributed by atoms with Crippen LogP contribution in [0.3, 0.4) is 0 Å². The number of fused-ring (bicyclic) bond motifs is 1. The standard InChI is InChI=1S/C22H27FN6O2.C2HF3O2/c1-4-14(2)26-21-22(28-19-13-25-24-12-18(19)27-21)29-9-7-15(8-10-29)31-20-6-5-16(30-3)11-17(20)23;3-2(4,5)1(6)7/h5-6,11-15H,4,7-10H2,1-3H3,(H,26,27);(H,6,7)/t14-;/m1./s1. The van der Waals surface area contributed by atoms with Crippen molar-refractivity contribution >= 4 is 28.6 Å². The summed E-state index contributed by atoms with van der Waals surface area (Å²) in [6.45, 7) is 5.70. The van der Waals surface area contributed by atoms with Crippen LogP contribution in [0.15, 0.2) is 30.6 Å². The van der Waals surface area contributed by atoms with E-state index in [0.29, 0.717) is 16.8 Å². The molecule has 38 heavy (non-hydrogen) atoms. The van der Waals surface area contributed by atoms with Gasteiger partial charge in [0, 0.05) is 38.0 Å². The maximum absolute atomic E-state index is 14.2. The minimum absolute atomic E-state index is 0.0654. The van der Waals surface area contributed by atoms with Gasteiger partial charge in [-0.25, -0.2) is 19.2 Å². The number of alkyl halides is 3. The fourth-order valence-electron chi connectivity index (χ4n) is 3.54. The molecule has 0 amide bonds. The van der Waals surface area contributed by atoms with Gasteiger partial charge in [-0.2, -0.15) is 23.4 Å². The van der Waals surface area contributed by atoms with E-state index in [1.807, 2.05) is 0 Å². The molecule has 0 unspecified atom stereocenters. The molecule has 1 atom stereocenters. The van der Waals surface area contributed by atoms with Gasteiger partial charge in [0.25, 0.3) is 0 Å². The van der Waals surface area contributed by atoms with E-state index in [1.54, 1.807) is 24.5 Å². The summed E-state index contributed by atoms with van der Waals surface area (Å²) in [5.41, 5.74) is 1.41. The summed E-state index contributed by atoms with van der Waals surface area (Å²) in [4.78, 5) is 20.6. The van der Waals surface area contributed by atoms with Gasteiger partial charge in [-0.05, 0) is 25.5 Å². The fraction of sp³-hybridized carbons (Fsp3) is 0.458. The lowest BCUT2D eigenvalue weighted by atomic mass is 10.1. The zero-order valence-corrected chi connectivity index (χ0v) is 21.0. The molecule has 3 aromatic rings. The Morgan fingerprint density at radius 1 is 1.18 bits per heavy atom. The number of ether oxygens (including phenoxy) is 2. The number of piperidine rings is 1. The number of aromatic nitrogens is 4. The lowest BCUT2D eigenvalue weighted by Gasteiger charge is -2.34. The van der Waals surface area contributed by atoms with Crippen LogP contribution in [0.2, 0.25) is 0 Å². The summed E-state index contributed by atoms with van der Waals surface area (Å²) < 4.78 is 56.9. The first kappa shape index (κ1) is 28.6. The number of benzene rings is 1. The number of halogens is 4. The molecule has 0 saturated carbocycles. The Kier molecular flexibility index (Phi) is 9.42. The van der Waals surface area contributed by atoms with E-state index < -0.39 is 18.0 Å². The van der Waals surface area contributed by atoms with E-state index in [2.05, 4.69) is 34.3 Å². The van der Waals surface area contributed by atoms with Gasteiger partial charge >= 0.3 is 12.1 Å². The summed E-state index contributed by atoms with van der Waals surface area (Å²) in [5.74, 6) is -0.899. The van der Waals surface area contributed by atoms with Crippen molar-refractivity contribution in [3.63, 3.8) is 0 Å². The Balaban J connectivity index is 0.000000505. The third-order valence-electron chi connectivity index (χ3n) is 5.77. The number of carbonyl (C=O) groups is 1. The van der Waals surface area contributed by atoms with Crippen molar-refractivity contribution in [3.05, 3.63) is 36.4 Å². The molecule has 14 heteroatoms. The summed E-state index contributed by atoms with van der Waals surface area (Å²) in [6, 6.07) is 4.92. The summed E-state index contributed by atoms with van der Waals surface area (Å²) in [7, 11) is 1.51. The minimum Gasteiger partial charge on any atom is -0.497 e. The molecule has 3 heterocycles. The number of carboxylic acids is 1. The predicted octanol–water partition coefficient (Wildman–Crippen LogP) is 4.46. The van der Waals surface area contributed by atoms with Crippen LogP contribution in [0, 0.1) is 5.82 Å². The van der Waals surface area contributed by atoms with Crippen LogP contribution in [0.1, 0.15) is 33.1 Å². The van der Waals surface area contributed by atoms with Gasteiger partial charge in [0.15, 0.2) is 23.2 Å². The van der Waals surface area contributed by atoms with Gasteiger partial charge in [-0.3, -0.25) is 0 Å². The summed E-state index contributed by atoms with van der Waals surface area (Å²) in [6.07, 6.45) is 0.574. The average molecular weight is 541 g/mol. The van der Waals surface area contributed by atoms with Crippen molar-refractivity contribution in [2.24, 2.45) is 0 Å². The Morgan fingerprint density at radius 3 is 2.32 bits per heavy atom. The molecule has 2 aromatic heterocycles. The molecule has 10 nitrogen and oxygen atoms in total. The van der Waals surface area contributed by atoms with Gasteiger partial charge < -0.3 is 24.8 Å². The Morgan fingerprint density at radius 2 is 1.79 bits per heavy atom. The molecule has 4 rings (SSSR count). The van der Waals surface area contributed by atoms with Crippen molar-refractivity contribution < 1.29 is 36.9 Å². The highest BCUT2D eigenvalue weighted by atomic mass is 19.4. The monoisotopic (exact) mass is 540 g/mol. The number of hydrogen-bond donors (Lipinski definition) is 2. The highest BCUT2D eigenvalue weighted by Gasteiger charge is 2.38. The topological polar surface area (TPSA) is 123 Å². The second-order valence-corrected chi connectivity index (χ2v) is 8.51. The number of rotatable bonds is 7. The summed E-state index contributed by atoms with van der Waals surface area (Å²) >= 11 is 0. The van der Waals surface area contributed by atoms with Gasteiger partial charge in [0.05, 0.1) is 19.5 Å². The third-order valence-corrected chi connectivity index (χ3v) is 5.77. The highest BCUT2D eigenvalue weighted by Crippen LogP contribution is 2.30. The zero-order valence-electron chi connectivity index (χ0n) is 21.0. The Bertz CT molecular complexity index is 1240. The quantitative estimate of drug-likeness (QED) is 0.415. The van der Waals surface area contributed by atoms with E-state index in [0.717, 1.165) is 44.0 Å². The predicted molar refractivity (Wildman–Crippen MR) is 131 cm³/mol. The van der Waals surface area contributed by atoms with E-state index in [4.69, 9.17) is 29.3 Å². The van der Waals surface area contributed by atoms with Crippen LogP contribution in [0.4, 0.5) is 29.2 Å². The van der Waals surface area contributed by atoms with E-state index in [1.165, 1.54) is 13.2 Å². The van der Waals surface area contributed by atoms with Crippen molar-refractivity contribution in [2.45, 2.75) is 51.4 Å². The van der Waals surface area contributed by atoms with E-state index in [-0.39, 0.29) is 17.9 Å². The Labute approximate surface area is 216 Å². The molecule has 1 aromatic carbocycles. The molecule has 0 aliphatic carbocycles. The number of nitrogens with zero attached hydrogens (tertiary/aromatic N) is 5. The van der Waals surface area contributed by atoms with E-state index >= 15 is 0 Å². The van der Waals surface area contributed by atoms with Crippen molar-refractivity contribution in [2.75, 3.05) is 30.4 Å².